The summed E-state index contributed by atoms with van der Waals surface area (Å²) in [5.41, 5.74) is 1.89. The van der Waals surface area contributed by atoms with E-state index < -0.39 is 0 Å². The molecule has 1 rings (SSSR count). The molecule has 0 saturated carbocycles. The molecule has 1 heterocycles. The highest BCUT2D eigenvalue weighted by molar-refractivity contribution is 6.29. The minimum absolute atomic E-state index is 0.423. The summed E-state index contributed by atoms with van der Waals surface area (Å²) in [6.45, 7) is 5.71. The van der Waals surface area contributed by atoms with Gasteiger partial charge in [-0.15, -0.1) is 0 Å². The number of ether oxygens (including phenoxy) is 1. The normalized spacial score (nSPS) is 9.58. The SMILES string of the molecule is C=C(C)c1cc(Cl)nc(OC)c1. The highest BCUT2D eigenvalue weighted by Crippen LogP contribution is 2.20. The smallest absolute Gasteiger partial charge is 0.214 e. The number of rotatable bonds is 2. The van der Waals surface area contributed by atoms with Gasteiger partial charge in [0.25, 0.3) is 0 Å². The molecule has 0 saturated heterocycles. The van der Waals surface area contributed by atoms with Gasteiger partial charge in [-0.05, 0) is 18.6 Å². The Labute approximate surface area is 76.8 Å². The van der Waals surface area contributed by atoms with Crippen molar-refractivity contribution >= 4 is 17.2 Å². The van der Waals surface area contributed by atoms with Crippen molar-refractivity contribution in [1.29, 1.82) is 0 Å². The van der Waals surface area contributed by atoms with E-state index in [1.54, 1.807) is 19.2 Å². The van der Waals surface area contributed by atoms with Crippen molar-refractivity contribution < 1.29 is 4.74 Å². The molecule has 0 fully saturated rings. The third kappa shape index (κ3) is 1.98. The average Bonchev–Trinajstić information content (AvgIpc) is 2.03. The summed E-state index contributed by atoms with van der Waals surface area (Å²) < 4.78 is 4.95. The number of hydrogen-bond donors (Lipinski definition) is 0. The largest absolute Gasteiger partial charge is 0.481 e. The van der Waals surface area contributed by atoms with Crippen LogP contribution < -0.4 is 4.74 Å². The van der Waals surface area contributed by atoms with Crippen LogP contribution in [0, 0.1) is 0 Å². The van der Waals surface area contributed by atoms with Crippen molar-refractivity contribution in [2.45, 2.75) is 6.92 Å². The van der Waals surface area contributed by atoms with Gasteiger partial charge in [-0.2, -0.15) is 0 Å². The Morgan fingerprint density at radius 1 is 1.58 bits per heavy atom. The summed E-state index contributed by atoms with van der Waals surface area (Å²) in [6.07, 6.45) is 0. The molecule has 2 nitrogen and oxygen atoms in total. The van der Waals surface area contributed by atoms with E-state index >= 15 is 0 Å². The zero-order chi connectivity index (χ0) is 9.14. The lowest BCUT2D eigenvalue weighted by Crippen LogP contribution is -1.89. The van der Waals surface area contributed by atoms with Gasteiger partial charge in [0.1, 0.15) is 5.15 Å². The van der Waals surface area contributed by atoms with Gasteiger partial charge in [0.2, 0.25) is 5.88 Å². The van der Waals surface area contributed by atoms with E-state index in [1.165, 1.54) is 0 Å². The Kier molecular flexibility index (Phi) is 2.71. The van der Waals surface area contributed by atoms with Crippen molar-refractivity contribution in [3.8, 4) is 5.88 Å². The molecule has 12 heavy (non-hydrogen) atoms. The van der Waals surface area contributed by atoms with E-state index in [4.69, 9.17) is 16.3 Å². The monoisotopic (exact) mass is 183 g/mol. The van der Waals surface area contributed by atoms with Crippen LogP contribution in [0.25, 0.3) is 5.57 Å². The molecular formula is C9H10ClNO. The minimum Gasteiger partial charge on any atom is -0.481 e. The number of halogens is 1. The summed E-state index contributed by atoms with van der Waals surface area (Å²) in [5.74, 6) is 0.514. The number of pyridine rings is 1. The van der Waals surface area contributed by atoms with Crippen molar-refractivity contribution in [3.05, 3.63) is 29.4 Å². The molecule has 64 valence electrons. The van der Waals surface area contributed by atoms with Crippen LogP contribution in [0.4, 0.5) is 0 Å². The van der Waals surface area contributed by atoms with E-state index in [1.807, 2.05) is 6.92 Å². The maximum Gasteiger partial charge on any atom is 0.214 e. The topological polar surface area (TPSA) is 22.1 Å². The number of nitrogens with zero attached hydrogens (tertiary/aromatic N) is 1. The van der Waals surface area contributed by atoms with Gasteiger partial charge in [0.15, 0.2) is 0 Å². The standard InChI is InChI=1S/C9H10ClNO/c1-6(2)7-4-8(10)11-9(5-7)12-3/h4-5H,1H2,2-3H3. The molecule has 0 amide bonds. The lowest BCUT2D eigenvalue weighted by Gasteiger charge is -2.03. The molecular weight excluding hydrogens is 174 g/mol. The fraction of sp³-hybridized carbons (Fsp3) is 0.222. The average molecular weight is 184 g/mol. The van der Waals surface area contributed by atoms with E-state index in [-0.39, 0.29) is 0 Å². The molecule has 0 aliphatic rings. The number of hydrogen-bond acceptors (Lipinski definition) is 2. The first kappa shape index (κ1) is 9.07. The zero-order valence-electron chi connectivity index (χ0n) is 7.10. The molecule has 0 atom stereocenters. The minimum atomic E-state index is 0.423. The maximum absolute atomic E-state index is 5.74. The second kappa shape index (κ2) is 3.59. The third-order valence-electron chi connectivity index (χ3n) is 1.47. The van der Waals surface area contributed by atoms with Crippen molar-refractivity contribution in [2.24, 2.45) is 0 Å². The predicted molar refractivity (Wildman–Crippen MR) is 50.5 cm³/mol. The fourth-order valence-electron chi connectivity index (χ4n) is 0.824. The van der Waals surface area contributed by atoms with Gasteiger partial charge in [-0.3, -0.25) is 0 Å². The number of aromatic nitrogens is 1. The summed E-state index contributed by atoms with van der Waals surface area (Å²) in [6, 6.07) is 3.56. The molecule has 0 N–H and O–H groups in total. The molecule has 1 aromatic heterocycles. The van der Waals surface area contributed by atoms with E-state index in [2.05, 4.69) is 11.6 Å². The molecule has 0 aliphatic carbocycles. The maximum atomic E-state index is 5.74. The van der Waals surface area contributed by atoms with Gasteiger partial charge in [-0.1, -0.05) is 23.8 Å². The van der Waals surface area contributed by atoms with Crippen molar-refractivity contribution in [1.82, 2.24) is 4.98 Å². The van der Waals surface area contributed by atoms with Crippen LogP contribution in [0.1, 0.15) is 12.5 Å². The van der Waals surface area contributed by atoms with Crippen molar-refractivity contribution in [2.75, 3.05) is 7.11 Å². The van der Waals surface area contributed by atoms with E-state index in [0.29, 0.717) is 11.0 Å². The number of allylic oxidation sites excluding steroid dienone is 1. The molecule has 0 aromatic carbocycles. The van der Waals surface area contributed by atoms with Crippen LogP contribution in [-0.4, -0.2) is 12.1 Å². The van der Waals surface area contributed by atoms with Crippen LogP contribution in [0.15, 0.2) is 18.7 Å². The Bertz CT molecular complexity index is 309. The third-order valence-corrected chi connectivity index (χ3v) is 1.67. The Balaban J connectivity index is 3.15. The summed E-state index contributed by atoms with van der Waals surface area (Å²) in [4.78, 5) is 3.94. The first-order chi connectivity index (χ1) is 5.63. The highest BCUT2D eigenvalue weighted by atomic mass is 35.5. The molecule has 0 bridgehead atoms. The molecule has 3 heteroatoms. The highest BCUT2D eigenvalue weighted by Gasteiger charge is 2.00. The van der Waals surface area contributed by atoms with Gasteiger partial charge in [-0.25, -0.2) is 4.98 Å². The van der Waals surface area contributed by atoms with E-state index in [0.717, 1.165) is 11.1 Å². The van der Waals surface area contributed by atoms with Crippen LogP contribution in [-0.2, 0) is 0 Å². The van der Waals surface area contributed by atoms with Gasteiger partial charge in [0.05, 0.1) is 7.11 Å². The fourth-order valence-corrected chi connectivity index (χ4v) is 1.02. The second-order valence-corrected chi connectivity index (χ2v) is 2.89. The Morgan fingerprint density at radius 3 is 2.75 bits per heavy atom. The van der Waals surface area contributed by atoms with E-state index in [9.17, 15) is 0 Å². The zero-order valence-corrected chi connectivity index (χ0v) is 7.85. The van der Waals surface area contributed by atoms with Crippen molar-refractivity contribution in [3.63, 3.8) is 0 Å². The van der Waals surface area contributed by atoms with Gasteiger partial charge >= 0.3 is 0 Å². The number of methoxy groups -OCH3 is 1. The lowest BCUT2D eigenvalue weighted by molar-refractivity contribution is 0.398. The summed E-state index contributed by atoms with van der Waals surface area (Å²) in [7, 11) is 1.56. The molecule has 1 aromatic rings. The Hall–Kier alpha value is -1.02. The molecule has 0 spiro atoms. The van der Waals surface area contributed by atoms with Gasteiger partial charge < -0.3 is 4.74 Å². The summed E-state index contributed by atoms with van der Waals surface area (Å²) >= 11 is 5.74. The lowest BCUT2D eigenvalue weighted by atomic mass is 10.1. The second-order valence-electron chi connectivity index (χ2n) is 2.50. The first-order valence-electron chi connectivity index (χ1n) is 3.51. The van der Waals surface area contributed by atoms with Crippen LogP contribution in [0.3, 0.4) is 0 Å². The molecule has 0 radical (unpaired) electrons. The quantitative estimate of drug-likeness (QED) is 0.658. The van der Waals surface area contributed by atoms with Crippen LogP contribution >= 0.6 is 11.6 Å². The summed E-state index contributed by atoms with van der Waals surface area (Å²) in [5, 5.41) is 0.423. The molecule has 0 unspecified atom stereocenters. The first-order valence-corrected chi connectivity index (χ1v) is 3.88. The van der Waals surface area contributed by atoms with Crippen LogP contribution in [0.2, 0.25) is 5.15 Å². The van der Waals surface area contributed by atoms with Gasteiger partial charge in [0, 0.05) is 6.07 Å². The Morgan fingerprint density at radius 2 is 2.25 bits per heavy atom. The molecule has 0 aliphatic heterocycles. The predicted octanol–water partition coefficient (Wildman–Crippen LogP) is 2.78. The van der Waals surface area contributed by atoms with Crippen LogP contribution in [0.5, 0.6) is 5.88 Å².